The summed E-state index contributed by atoms with van der Waals surface area (Å²) in [6.07, 6.45) is 0.346. The van der Waals surface area contributed by atoms with E-state index in [1.54, 1.807) is 0 Å². The highest BCUT2D eigenvalue weighted by Gasteiger charge is 2.10. The quantitative estimate of drug-likeness (QED) is 0.627. The van der Waals surface area contributed by atoms with Crippen molar-refractivity contribution in [2.45, 2.75) is 25.0 Å². The Hall–Kier alpha value is -1.64. The summed E-state index contributed by atoms with van der Waals surface area (Å²) >= 11 is 1.25. The van der Waals surface area contributed by atoms with Crippen molar-refractivity contribution >= 4 is 23.6 Å². The maximum absolute atomic E-state index is 11.2. The van der Waals surface area contributed by atoms with Crippen LogP contribution in [0.25, 0.3) is 0 Å². The van der Waals surface area contributed by atoms with Gasteiger partial charge in [0.25, 0.3) is 0 Å². The van der Waals surface area contributed by atoms with E-state index in [2.05, 4.69) is 20.8 Å². The second-order valence-electron chi connectivity index (χ2n) is 3.06. The monoisotopic (exact) mass is 259 g/mol. The molecule has 0 aromatic carbocycles. The van der Waals surface area contributed by atoms with Crippen LogP contribution in [-0.4, -0.2) is 49.5 Å². The maximum Gasteiger partial charge on any atom is 0.325 e. The summed E-state index contributed by atoms with van der Waals surface area (Å²) in [5, 5.41) is 22.3. The largest absolute Gasteiger partial charge is 0.480 e. The van der Waals surface area contributed by atoms with Crippen LogP contribution in [-0.2, 0) is 16.1 Å². The maximum atomic E-state index is 11.2. The number of carboxylic acid groups (broad SMARTS) is 1. The molecule has 2 N–H and O–H groups in total. The van der Waals surface area contributed by atoms with Crippen molar-refractivity contribution in [2.24, 2.45) is 0 Å². The number of nitrogens with zero attached hydrogens (tertiary/aromatic N) is 4. The molecule has 1 aromatic heterocycles. The molecular formula is C8H13N5O3S. The minimum absolute atomic E-state index is 0.0442. The Labute approximate surface area is 102 Å². The van der Waals surface area contributed by atoms with E-state index in [-0.39, 0.29) is 12.5 Å². The van der Waals surface area contributed by atoms with Crippen molar-refractivity contribution in [3.05, 3.63) is 0 Å². The third-order valence-electron chi connectivity index (χ3n) is 1.72. The first-order valence-electron chi connectivity index (χ1n) is 5.01. The number of carbonyl (C=O) groups is 2. The smallest absolute Gasteiger partial charge is 0.325 e. The molecule has 0 atom stereocenters. The van der Waals surface area contributed by atoms with Gasteiger partial charge in [-0.15, -0.1) is 5.10 Å². The van der Waals surface area contributed by atoms with Gasteiger partial charge >= 0.3 is 5.97 Å². The Bertz CT molecular complexity index is 394. The minimum Gasteiger partial charge on any atom is -0.480 e. The van der Waals surface area contributed by atoms with Crippen molar-refractivity contribution in [3.8, 4) is 0 Å². The van der Waals surface area contributed by atoms with Gasteiger partial charge in [-0.1, -0.05) is 11.8 Å². The van der Waals surface area contributed by atoms with E-state index in [4.69, 9.17) is 5.11 Å². The second-order valence-corrected chi connectivity index (χ2v) is 4.13. The first-order valence-corrected chi connectivity index (χ1v) is 5.99. The van der Waals surface area contributed by atoms with Gasteiger partial charge in [0.05, 0.1) is 0 Å². The third kappa shape index (κ3) is 4.81. The van der Waals surface area contributed by atoms with Crippen LogP contribution in [0.3, 0.4) is 0 Å². The molecule has 1 amide bonds. The fourth-order valence-corrected chi connectivity index (χ4v) is 1.86. The summed E-state index contributed by atoms with van der Waals surface area (Å²) < 4.78 is 1.19. The molecule has 8 nitrogen and oxygen atoms in total. The molecule has 1 heterocycles. The van der Waals surface area contributed by atoms with Crippen LogP contribution < -0.4 is 5.32 Å². The number of amides is 1. The predicted molar refractivity (Wildman–Crippen MR) is 59.5 cm³/mol. The van der Waals surface area contributed by atoms with Crippen LogP contribution in [0.4, 0.5) is 0 Å². The number of hydrogen-bond acceptors (Lipinski definition) is 6. The number of thioether (sulfide) groups is 1. The molecule has 94 valence electrons. The molecule has 0 bridgehead atoms. The van der Waals surface area contributed by atoms with Crippen LogP contribution in [0.5, 0.6) is 0 Å². The lowest BCUT2D eigenvalue weighted by Gasteiger charge is -2.02. The second kappa shape index (κ2) is 6.84. The molecular weight excluding hydrogens is 246 g/mol. The highest BCUT2D eigenvalue weighted by atomic mass is 32.2. The summed E-state index contributed by atoms with van der Waals surface area (Å²) in [6.45, 7) is 2.16. The van der Waals surface area contributed by atoms with Gasteiger partial charge in [-0.3, -0.25) is 9.59 Å². The number of rotatable bonds is 7. The van der Waals surface area contributed by atoms with Crippen LogP contribution in [0, 0.1) is 0 Å². The average Bonchev–Trinajstić information content (AvgIpc) is 2.65. The molecule has 1 aromatic rings. The van der Waals surface area contributed by atoms with Crippen molar-refractivity contribution < 1.29 is 14.7 Å². The molecule has 0 saturated carbocycles. The highest BCUT2D eigenvalue weighted by Crippen LogP contribution is 2.14. The summed E-state index contributed by atoms with van der Waals surface area (Å²) in [5.41, 5.74) is 0. The Balaban J connectivity index is 2.38. The molecule has 0 radical (unpaired) electrons. The zero-order valence-corrected chi connectivity index (χ0v) is 10.1. The summed E-state index contributed by atoms with van der Waals surface area (Å²) in [6, 6.07) is 0. The van der Waals surface area contributed by atoms with Crippen LogP contribution in [0.15, 0.2) is 5.16 Å². The van der Waals surface area contributed by atoms with Crippen molar-refractivity contribution in [1.82, 2.24) is 25.5 Å². The van der Waals surface area contributed by atoms with E-state index in [9.17, 15) is 9.59 Å². The average molecular weight is 259 g/mol. The Morgan fingerprint density at radius 2 is 2.29 bits per heavy atom. The molecule has 0 aliphatic heterocycles. The van der Waals surface area contributed by atoms with Gasteiger partial charge in [0.2, 0.25) is 11.1 Å². The van der Waals surface area contributed by atoms with Crippen molar-refractivity contribution in [1.29, 1.82) is 0 Å². The predicted octanol–water partition coefficient (Wildman–Crippen LogP) is -0.624. The highest BCUT2D eigenvalue weighted by molar-refractivity contribution is 7.99. The van der Waals surface area contributed by atoms with Gasteiger partial charge in [-0.25, -0.2) is 4.68 Å². The number of hydrogen-bond donors (Lipinski definition) is 2. The Morgan fingerprint density at radius 1 is 1.53 bits per heavy atom. The van der Waals surface area contributed by atoms with Gasteiger partial charge in [0.1, 0.15) is 6.54 Å². The number of carbonyl (C=O) groups excluding carboxylic acids is 1. The van der Waals surface area contributed by atoms with Crippen LogP contribution in [0.2, 0.25) is 0 Å². The molecule has 17 heavy (non-hydrogen) atoms. The number of aliphatic carboxylic acids is 1. The van der Waals surface area contributed by atoms with Crippen LogP contribution >= 0.6 is 11.8 Å². The minimum atomic E-state index is -1.01. The molecule has 0 spiro atoms. The number of tetrazole rings is 1. The van der Waals surface area contributed by atoms with E-state index < -0.39 is 5.97 Å². The SMILES string of the molecule is CCNC(=O)CCSc1nnnn1CC(=O)O. The zero-order valence-electron chi connectivity index (χ0n) is 9.29. The standard InChI is InChI=1S/C8H13N5O3S/c1-2-9-6(14)3-4-17-8-10-11-12-13(8)5-7(15)16/h2-5H2,1H3,(H,9,14)(H,15,16). The normalized spacial score (nSPS) is 10.2. The third-order valence-corrected chi connectivity index (χ3v) is 2.68. The van der Waals surface area contributed by atoms with Crippen LogP contribution in [0.1, 0.15) is 13.3 Å². The Morgan fingerprint density at radius 3 is 2.94 bits per heavy atom. The van der Waals surface area contributed by atoms with Crippen molar-refractivity contribution in [3.63, 3.8) is 0 Å². The summed E-state index contributed by atoms with van der Waals surface area (Å²) in [4.78, 5) is 21.7. The zero-order chi connectivity index (χ0) is 12.7. The number of carboxylic acids is 1. The van der Waals surface area contributed by atoms with Gasteiger partial charge < -0.3 is 10.4 Å². The number of nitrogens with one attached hydrogen (secondary N) is 1. The van der Waals surface area contributed by atoms with Gasteiger partial charge in [-0.05, 0) is 17.4 Å². The first kappa shape index (κ1) is 13.4. The Kier molecular flexibility index (Phi) is 5.40. The van der Waals surface area contributed by atoms with Gasteiger partial charge in [0.15, 0.2) is 0 Å². The number of aromatic nitrogens is 4. The fraction of sp³-hybridized carbons (Fsp3) is 0.625. The molecule has 9 heteroatoms. The van der Waals surface area contributed by atoms with E-state index in [0.717, 1.165) is 0 Å². The summed E-state index contributed by atoms with van der Waals surface area (Å²) in [5.74, 6) is -0.550. The van der Waals surface area contributed by atoms with E-state index in [1.807, 2.05) is 6.92 Å². The van der Waals surface area contributed by atoms with Gasteiger partial charge in [0, 0.05) is 18.7 Å². The lowest BCUT2D eigenvalue weighted by atomic mass is 10.4. The molecule has 0 aliphatic rings. The van der Waals surface area contributed by atoms with E-state index in [1.165, 1.54) is 16.4 Å². The van der Waals surface area contributed by atoms with E-state index in [0.29, 0.717) is 23.9 Å². The summed E-state index contributed by atoms with van der Waals surface area (Å²) in [7, 11) is 0. The van der Waals surface area contributed by atoms with E-state index >= 15 is 0 Å². The fourth-order valence-electron chi connectivity index (χ4n) is 1.05. The van der Waals surface area contributed by atoms with Gasteiger partial charge in [-0.2, -0.15) is 0 Å². The topological polar surface area (TPSA) is 110 Å². The molecule has 0 fully saturated rings. The lowest BCUT2D eigenvalue weighted by Crippen LogP contribution is -2.22. The first-order chi connectivity index (χ1) is 8.13. The lowest BCUT2D eigenvalue weighted by molar-refractivity contribution is -0.138. The van der Waals surface area contributed by atoms with Crippen molar-refractivity contribution in [2.75, 3.05) is 12.3 Å². The molecule has 0 saturated heterocycles. The molecule has 1 rings (SSSR count). The molecule has 0 aliphatic carbocycles. The molecule has 0 unspecified atom stereocenters.